The molecule has 4 aliphatic heterocycles. The van der Waals surface area contributed by atoms with Crippen LogP contribution in [-0.2, 0) is 38.1 Å². The average molecular weight is 743 g/mol. The number of carbonyl (C=O) groups excluding carboxylic acids is 3. The SMILES string of the molecule is CC[C@H](C(=O)[C@](C)(O)[C@H]1CC[C@](CC)([C@@H]2CC[C@@](O)([C@H](C)OC)[C@@H](C)O2)O1)[C@@H](O)[C@H](C)[C@@H]1O[C@@H](CC(=O)C2=C(O)/C(=C/Cl)OC2=O)[C@@H](C)C[C@@H]1C. The van der Waals surface area contributed by atoms with Crippen LogP contribution < -0.4 is 0 Å². The number of cyclic esters (lactones) is 1. The number of aliphatic hydroxyl groups is 4. The lowest BCUT2D eigenvalue weighted by atomic mass is 9.73. The first-order chi connectivity index (χ1) is 23.8. The van der Waals surface area contributed by atoms with Gasteiger partial charge < -0.3 is 44.1 Å². The number of hydrogen-bond acceptors (Lipinski definition) is 12. The second-order valence-corrected chi connectivity index (χ2v) is 15.9. The third-order valence-corrected chi connectivity index (χ3v) is 12.8. The zero-order valence-electron chi connectivity index (χ0n) is 31.5. The van der Waals surface area contributed by atoms with Crippen LogP contribution in [0.1, 0.15) is 107 Å². The van der Waals surface area contributed by atoms with Crippen molar-refractivity contribution < 1.29 is 58.5 Å². The quantitative estimate of drug-likeness (QED) is 0.141. The van der Waals surface area contributed by atoms with Gasteiger partial charge in [0.1, 0.15) is 16.8 Å². The Labute approximate surface area is 306 Å². The predicted octanol–water partition coefficient (Wildman–Crippen LogP) is 4.83. The van der Waals surface area contributed by atoms with Gasteiger partial charge in [0.15, 0.2) is 23.1 Å². The lowest BCUT2D eigenvalue weighted by Gasteiger charge is -2.49. The van der Waals surface area contributed by atoms with Crippen molar-refractivity contribution >= 4 is 29.1 Å². The van der Waals surface area contributed by atoms with Crippen molar-refractivity contribution in [2.75, 3.05) is 7.11 Å². The highest BCUT2D eigenvalue weighted by Crippen LogP contribution is 2.47. The van der Waals surface area contributed by atoms with Crippen LogP contribution in [0, 0.1) is 23.7 Å². The molecule has 4 N–H and O–H groups in total. The molecular formula is C38H59ClO12. The molecule has 0 unspecified atom stereocenters. The number of halogens is 1. The van der Waals surface area contributed by atoms with E-state index < -0.39 is 94.1 Å². The Balaban J connectivity index is 1.45. The van der Waals surface area contributed by atoms with Crippen molar-refractivity contribution in [2.24, 2.45) is 23.7 Å². The molecule has 13 heteroatoms. The van der Waals surface area contributed by atoms with Crippen LogP contribution in [0.5, 0.6) is 0 Å². The number of esters is 1. The van der Waals surface area contributed by atoms with E-state index in [4.69, 9.17) is 35.3 Å². The fourth-order valence-electron chi connectivity index (χ4n) is 8.95. The topological polar surface area (TPSA) is 178 Å². The molecule has 3 saturated heterocycles. The summed E-state index contributed by atoms with van der Waals surface area (Å²) < 4.78 is 29.7. The van der Waals surface area contributed by atoms with Gasteiger partial charge in [0.2, 0.25) is 0 Å². The van der Waals surface area contributed by atoms with Crippen molar-refractivity contribution in [1.82, 2.24) is 0 Å². The van der Waals surface area contributed by atoms with Crippen LogP contribution in [0.25, 0.3) is 0 Å². The van der Waals surface area contributed by atoms with E-state index in [1.807, 2.05) is 34.6 Å². The number of ether oxygens (including phenoxy) is 5. The van der Waals surface area contributed by atoms with Gasteiger partial charge in [0.05, 0.1) is 53.9 Å². The molecule has 0 saturated carbocycles. The maximum Gasteiger partial charge on any atom is 0.351 e. The zero-order chi connectivity index (χ0) is 38.2. The smallest absolute Gasteiger partial charge is 0.351 e. The van der Waals surface area contributed by atoms with Crippen LogP contribution in [0.3, 0.4) is 0 Å². The van der Waals surface area contributed by atoms with E-state index in [2.05, 4.69) is 0 Å². The molecule has 4 heterocycles. The van der Waals surface area contributed by atoms with Crippen molar-refractivity contribution in [2.45, 2.75) is 166 Å². The van der Waals surface area contributed by atoms with Crippen molar-refractivity contribution in [3.8, 4) is 0 Å². The first-order valence-corrected chi connectivity index (χ1v) is 18.9. The Morgan fingerprint density at radius 3 is 2.33 bits per heavy atom. The summed E-state index contributed by atoms with van der Waals surface area (Å²) in [5.74, 6) is -4.65. The highest BCUT2D eigenvalue weighted by Gasteiger charge is 2.57. The maximum absolute atomic E-state index is 14.2. The van der Waals surface area contributed by atoms with Crippen molar-refractivity contribution in [1.29, 1.82) is 0 Å². The van der Waals surface area contributed by atoms with Gasteiger partial charge in [0.25, 0.3) is 0 Å². The Hall–Kier alpha value is -1.90. The second kappa shape index (κ2) is 16.2. The predicted molar refractivity (Wildman–Crippen MR) is 188 cm³/mol. The van der Waals surface area contributed by atoms with E-state index in [-0.39, 0.29) is 36.5 Å². The molecule has 0 aromatic carbocycles. The summed E-state index contributed by atoms with van der Waals surface area (Å²) in [4.78, 5) is 39.6. The molecule has 14 atom stereocenters. The number of Topliss-reactive ketones (excluding diaryl/α,β-unsaturated/α-hetero) is 2. The van der Waals surface area contributed by atoms with E-state index in [0.717, 1.165) is 5.54 Å². The van der Waals surface area contributed by atoms with E-state index in [1.165, 1.54) is 6.92 Å². The maximum atomic E-state index is 14.2. The molecule has 0 amide bonds. The molecule has 3 fully saturated rings. The number of methoxy groups -OCH3 is 1. The number of hydrogen-bond donors (Lipinski definition) is 4. The standard InChI is InChI=1S/C38H59ClO12/c1-10-24(31(41)21(5)33-20(4)16-19(3)26(49-33)17-25(40)30-32(42)27(18-39)50-35(30)44)34(43)36(8,45)28-12-14-37(11-2,51-28)29-13-15-38(46,22(6)47-9)23(7)48-29/h18-24,26,28-29,31,33,41-42,45-46H,10-17H2,1-9H3/b27-18-/t19-,20-,21-,22-,23+,24-,26-,28+,29-,31-,33+,36+,37+,38+/m0/s1. The number of rotatable bonds is 14. The van der Waals surface area contributed by atoms with Crippen LogP contribution >= 0.6 is 11.6 Å². The first kappa shape index (κ1) is 41.9. The number of ketones is 2. The molecule has 0 aromatic heterocycles. The van der Waals surface area contributed by atoms with Gasteiger partial charge >= 0.3 is 5.97 Å². The summed E-state index contributed by atoms with van der Waals surface area (Å²) in [6.07, 6.45) is -1.22. The molecule has 0 spiro atoms. The lowest BCUT2D eigenvalue weighted by molar-refractivity contribution is -0.255. The molecule has 4 aliphatic rings. The minimum Gasteiger partial charge on any atom is -0.504 e. The van der Waals surface area contributed by atoms with Crippen molar-refractivity contribution in [3.05, 3.63) is 22.6 Å². The minimum atomic E-state index is -1.91. The van der Waals surface area contributed by atoms with Crippen LogP contribution in [0.4, 0.5) is 0 Å². The Kier molecular flexibility index (Phi) is 13.3. The van der Waals surface area contributed by atoms with Gasteiger partial charge in [-0.1, -0.05) is 46.2 Å². The van der Waals surface area contributed by atoms with E-state index in [0.29, 0.717) is 38.5 Å². The first-order valence-electron chi connectivity index (χ1n) is 18.5. The van der Waals surface area contributed by atoms with Gasteiger partial charge in [-0.15, -0.1) is 0 Å². The van der Waals surface area contributed by atoms with E-state index >= 15 is 0 Å². The second-order valence-electron chi connectivity index (χ2n) is 15.7. The van der Waals surface area contributed by atoms with Crippen molar-refractivity contribution in [3.63, 3.8) is 0 Å². The molecule has 0 aromatic rings. The zero-order valence-corrected chi connectivity index (χ0v) is 32.3. The van der Waals surface area contributed by atoms with Crippen LogP contribution in [-0.4, -0.2) is 105 Å². The Morgan fingerprint density at radius 2 is 1.78 bits per heavy atom. The normalized spacial score (nSPS) is 39.0. The lowest BCUT2D eigenvalue weighted by Crippen LogP contribution is -2.60. The van der Waals surface area contributed by atoms with Gasteiger partial charge in [-0.2, -0.15) is 0 Å². The average Bonchev–Trinajstić information content (AvgIpc) is 3.67. The molecule has 12 nitrogen and oxygen atoms in total. The Morgan fingerprint density at radius 1 is 1.12 bits per heavy atom. The fraction of sp³-hybridized carbons (Fsp3) is 0.816. The molecule has 0 radical (unpaired) electrons. The summed E-state index contributed by atoms with van der Waals surface area (Å²) in [5.41, 5.74) is -3.41. The van der Waals surface area contributed by atoms with Gasteiger partial charge in [-0.3, -0.25) is 9.59 Å². The summed E-state index contributed by atoms with van der Waals surface area (Å²) in [6.45, 7) is 14.6. The van der Waals surface area contributed by atoms with E-state index in [1.54, 1.807) is 21.0 Å². The molecule has 4 rings (SSSR count). The molecule has 0 bridgehead atoms. The summed E-state index contributed by atoms with van der Waals surface area (Å²) in [6, 6.07) is 0. The summed E-state index contributed by atoms with van der Waals surface area (Å²) in [5, 5.41) is 45.2. The molecular weight excluding hydrogens is 684 g/mol. The number of carbonyl (C=O) groups is 3. The highest BCUT2D eigenvalue weighted by atomic mass is 35.5. The third kappa shape index (κ3) is 7.85. The largest absolute Gasteiger partial charge is 0.504 e. The van der Waals surface area contributed by atoms with Gasteiger partial charge in [0, 0.05) is 25.4 Å². The van der Waals surface area contributed by atoms with Crippen LogP contribution in [0.15, 0.2) is 22.6 Å². The minimum absolute atomic E-state index is 0.0373. The Bertz CT molecular complexity index is 1360. The monoisotopic (exact) mass is 742 g/mol. The molecule has 290 valence electrons. The fourth-order valence-corrected chi connectivity index (χ4v) is 9.10. The van der Waals surface area contributed by atoms with Crippen LogP contribution in [0.2, 0.25) is 0 Å². The van der Waals surface area contributed by atoms with Gasteiger partial charge in [-0.05, 0) is 77.6 Å². The van der Waals surface area contributed by atoms with E-state index in [9.17, 15) is 34.8 Å². The molecule has 0 aliphatic carbocycles. The van der Waals surface area contributed by atoms with Gasteiger partial charge in [-0.25, -0.2) is 4.79 Å². The summed E-state index contributed by atoms with van der Waals surface area (Å²) >= 11 is 5.60. The highest BCUT2D eigenvalue weighted by molar-refractivity contribution is 6.27. The summed E-state index contributed by atoms with van der Waals surface area (Å²) in [7, 11) is 1.56. The number of aliphatic hydroxyl groups excluding tert-OH is 2. The molecule has 51 heavy (non-hydrogen) atoms. The third-order valence-electron chi connectivity index (χ3n) is 12.6.